The van der Waals surface area contributed by atoms with Crippen LogP contribution in [0.15, 0.2) is 0 Å². The lowest BCUT2D eigenvalue weighted by molar-refractivity contribution is 0.162. The van der Waals surface area contributed by atoms with Crippen LogP contribution < -0.4 is 0 Å². The highest BCUT2D eigenvalue weighted by molar-refractivity contribution is 5.13. The van der Waals surface area contributed by atoms with Gasteiger partial charge in [-0.25, -0.2) is 0 Å². The van der Waals surface area contributed by atoms with Gasteiger partial charge in [0.1, 0.15) is 0 Å². The molecule has 1 N–H and O–H groups in total. The summed E-state index contributed by atoms with van der Waals surface area (Å²) in [5.74, 6) is 0.683. The van der Waals surface area contributed by atoms with E-state index < -0.39 is 0 Å². The minimum atomic E-state index is -0.0301. The molecule has 0 unspecified atom stereocenters. The van der Waals surface area contributed by atoms with Crippen LogP contribution in [0.2, 0.25) is 0 Å². The van der Waals surface area contributed by atoms with Crippen LogP contribution in [-0.4, -0.2) is 11.2 Å². The topological polar surface area (TPSA) is 20.2 Å². The standard InChI is InChI=1S/C7H12O/c1-5(8)6-4-7(6)2-3-7/h5-6,8H,2-4H2,1H3/t5-,6-/m0/s1. The molecule has 2 atom stereocenters. The zero-order valence-electron chi connectivity index (χ0n) is 5.22. The molecular formula is C7H12O. The Morgan fingerprint density at radius 2 is 2.25 bits per heavy atom. The summed E-state index contributed by atoms with van der Waals surface area (Å²) < 4.78 is 0. The molecule has 0 amide bonds. The number of aliphatic hydroxyl groups excluding tert-OH is 1. The highest BCUT2D eigenvalue weighted by Gasteiger charge is 2.63. The number of aliphatic hydroxyl groups is 1. The van der Waals surface area contributed by atoms with Gasteiger partial charge in [-0.2, -0.15) is 0 Å². The molecule has 1 nitrogen and oxygen atoms in total. The van der Waals surface area contributed by atoms with Crippen molar-refractivity contribution in [2.24, 2.45) is 11.3 Å². The first-order chi connectivity index (χ1) is 3.75. The van der Waals surface area contributed by atoms with Crippen molar-refractivity contribution in [1.29, 1.82) is 0 Å². The van der Waals surface area contributed by atoms with Crippen molar-refractivity contribution in [3.8, 4) is 0 Å². The van der Waals surface area contributed by atoms with E-state index in [0.29, 0.717) is 11.3 Å². The molecule has 1 heteroatoms. The Morgan fingerprint density at radius 3 is 2.38 bits per heavy atom. The molecule has 2 aliphatic rings. The van der Waals surface area contributed by atoms with Crippen molar-refractivity contribution < 1.29 is 5.11 Å². The Balaban J connectivity index is 1.96. The summed E-state index contributed by atoms with van der Waals surface area (Å²) in [6.07, 6.45) is 4.06. The summed E-state index contributed by atoms with van der Waals surface area (Å²) in [5.41, 5.74) is 0.689. The van der Waals surface area contributed by atoms with Crippen molar-refractivity contribution in [3.63, 3.8) is 0 Å². The lowest BCUT2D eigenvalue weighted by atomic mass is 10.2. The van der Waals surface area contributed by atoms with Crippen LogP contribution in [0.3, 0.4) is 0 Å². The molecule has 0 aromatic rings. The van der Waals surface area contributed by atoms with E-state index in [2.05, 4.69) is 0 Å². The van der Waals surface area contributed by atoms with Gasteiger partial charge in [-0.1, -0.05) is 0 Å². The molecule has 0 aromatic heterocycles. The average Bonchev–Trinajstić information content (AvgIpc) is 2.50. The predicted molar refractivity (Wildman–Crippen MR) is 31.5 cm³/mol. The summed E-state index contributed by atoms with van der Waals surface area (Å²) in [5, 5.41) is 9.07. The first-order valence-corrected chi connectivity index (χ1v) is 3.43. The largest absolute Gasteiger partial charge is 0.393 e. The van der Waals surface area contributed by atoms with E-state index in [4.69, 9.17) is 5.11 Å². The highest BCUT2D eigenvalue weighted by Crippen LogP contribution is 2.71. The Kier molecular flexibility index (Phi) is 0.663. The van der Waals surface area contributed by atoms with Crippen molar-refractivity contribution in [2.45, 2.75) is 32.3 Å². The summed E-state index contributed by atoms with van der Waals surface area (Å²) in [6, 6.07) is 0. The zero-order chi connectivity index (χ0) is 5.78. The molecule has 0 heterocycles. The number of rotatable bonds is 1. The van der Waals surface area contributed by atoms with E-state index in [1.54, 1.807) is 0 Å². The second-order valence-electron chi connectivity index (χ2n) is 3.41. The molecule has 0 aromatic carbocycles. The van der Waals surface area contributed by atoms with E-state index in [9.17, 15) is 0 Å². The van der Waals surface area contributed by atoms with E-state index in [1.807, 2.05) is 6.92 Å². The fourth-order valence-corrected chi connectivity index (χ4v) is 1.80. The Hall–Kier alpha value is -0.0400. The van der Waals surface area contributed by atoms with Crippen LogP contribution in [0.1, 0.15) is 26.2 Å². The maximum absolute atomic E-state index is 9.07. The quantitative estimate of drug-likeness (QED) is 0.539. The van der Waals surface area contributed by atoms with Gasteiger partial charge in [0.15, 0.2) is 0 Å². The van der Waals surface area contributed by atoms with Crippen molar-refractivity contribution in [2.75, 3.05) is 0 Å². The summed E-state index contributed by atoms with van der Waals surface area (Å²) in [7, 11) is 0. The smallest absolute Gasteiger partial charge is 0.0545 e. The van der Waals surface area contributed by atoms with Gasteiger partial charge in [-0.15, -0.1) is 0 Å². The SMILES string of the molecule is C[C@H](O)[C@@H]1CC12CC2. The van der Waals surface area contributed by atoms with E-state index in [1.165, 1.54) is 19.3 Å². The van der Waals surface area contributed by atoms with Crippen LogP contribution in [0.25, 0.3) is 0 Å². The third-order valence-electron chi connectivity index (χ3n) is 2.73. The molecule has 46 valence electrons. The molecule has 2 saturated carbocycles. The second kappa shape index (κ2) is 1.10. The number of hydrogen-bond acceptors (Lipinski definition) is 1. The summed E-state index contributed by atoms with van der Waals surface area (Å²) in [4.78, 5) is 0. The van der Waals surface area contributed by atoms with Gasteiger partial charge in [0.2, 0.25) is 0 Å². The van der Waals surface area contributed by atoms with Crippen LogP contribution in [0.5, 0.6) is 0 Å². The Labute approximate surface area is 49.7 Å². The first-order valence-electron chi connectivity index (χ1n) is 3.43. The fourth-order valence-electron chi connectivity index (χ4n) is 1.80. The molecule has 0 saturated heterocycles. The third-order valence-corrected chi connectivity index (χ3v) is 2.73. The number of hydrogen-bond donors (Lipinski definition) is 1. The van der Waals surface area contributed by atoms with Gasteiger partial charge in [-0.3, -0.25) is 0 Å². The summed E-state index contributed by atoms with van der Waals surface area (Å²) >= 11 is 0. The lowest BCUT2D eigenvalue weighted by Gasteiger charge is -1.97. The zero-order valence-corrected chi connectivity index (χ0v) is 5.22. The van der Waals surface area contributed by atoms with Crippen LogP contribution in [0.4, 0.5) is 0 Å². The maximum Gasteiger partial charge on any atom is 0.0545 e. The Bertz CT molecular complexity index is 114. The molecule has 2 fully saturated rings. The fraction of sp³-hybridized carbons (Fsp3) is 1.00. The molecule has 8 heavy (non-hydrogen) atoms. The van der Waals surface area contributed by atoms with Crippen LogP contribution in [-0.2, 0) is 0 Å². The van der Waals surface area contributed by atoms with Crippen molar-refractivity contribution >= 4 is 0 Å². The molecule has 0 aliphatic heterocycles. The van der Waals surface area contributed by atoms with Gasteiger partial charge in [0.25, 0.3) is 0 Å². The Morgan fingerprint density at radius 1 is 1.62 bits per heavy atom. The van der Waals surface area contributed by atoms with Crippen LogP contribution in [0, 0.1) is 11.3 Å². The van der Waals surface area contributed by atoms with E-state index >= 15 is 0 Å². The van der Waals surface area contributed by atoms with Gasteiger partial charge in [0.05, 0.1) is 6.10 Å². The monoisotopic (exact) mass is 112 g/mol. The highest BCUT2D eigenvalue weighted by atomic mass is 16.3. The average molecular weight is 112 g/mol. The predicted octanol–water partition coefficient (Wildman–Crippen LogP) is 1.17. The van der Waals surface area contributed by atoms with E-state index in [0.717, 1.165) is 0 Å². The maximum atomic E-state index is 9.07. The van der Waals surface area contributed by atoms with Gasteiger partial charge in [-0.05, 0) is 37.5 Å². The molecule has 0 radical (unpaired) electrons. The molecule has 2 aliphatic carbocycles. The first kappa shape index (κ1) is 4.80. The minimum absolute atomic E-state index is 0.0301. The van der Waals surface area contributed by atoms with E-state index in [-0.39, 0.29) is 6.10 Å². The van der Waals surface area contributed by atoms with Gasteiger partial charge in [0, 0.05) is 0 Å². The molecule has 2 rings (SSSR count). The van der Waals surface area contributed by atoms with Gasteiger partial charge < -0.3 is 5.11 Å². The molecule has 0 bridgehead atoms. The van der Waals surface area contributed by atoms with Crippen molar-refractivity contribution in [3.05, 3.63) is 0 Å². The summed E-state index contributed by atoms with van der Waals surface area (Å²) in [6.45, 7) is 1.91. The van der Waals surface area contributed by atoms with Crippen molar-refractivity contribution in [1.82, 2.24) is 0 Å². The third kappa shape index (κ3) is 0.455. The molecule has 1 spiro atoms. The normalized spacial score (nSPS) is 42.0. The lowest BCUT2D eigenvalue weighted by Crippen LogP contribution is -2.03. The minimum Gasteiger partial charge on any atom is -0.393 e. The second-order valence-corrected chi connectivity index (χ2v) is 3.41. The van der Waals surface area contributed by atoms with Gasteiger partial charge >= 0.3 is 0 Å². The molecular weight excluding hydrogens is 100 g/mol. The van der Waals surface area contributed by atoms with Crippen LogP contribution >= 0.6 is 0 Å².